The van der Waals surface area contributed by atoms with E-state index in [1.54, 1.807) is 11.7 Å². The quantitative estimate of drug-likeness (QED) is 0.873. The lowest BCUT2D eigenvalue weighted by atomic mass is 10.1. The summed E-state index contributed by atoms with van der Waals surface area (Å²) < 4.78 is 3.62. The van der Waals surface area contributed by atoms with Crippen LogP contribution < -0.4 is 5.32 Å². The molecule has 0 bridgehead atoms. The zero-order valence-corrected chi connectivity index (χ0v) is 13.5. The van der Waals surface area contributed by atoms with Gasteiger partial charge in [0.2, 0.25) is 0 Å². The van der Waals surface area contributed by atoms with Gasteiger partial charge in [-0.05, 0) is 38.8 Å². The van der Waals surface area contributed by atoms with E-state index in [1.165, 1.54) is 6.20 Å². The van der Waals surface area contributed by atoms with Crippen molar-refractivity contribution in [1.82, 2.24) is 19.7 Å². The summed E-state index contributed by atoms with van der Waals surface area (Å²) in [5, 5.41) is 16.1. The van der Waals surface area contributed by atoms with Crippen LogP contribution in [0.3, 0.4) is 0 Å². The average Bonchev–Trinajstić information content (AvgIpc) is 3.12. The first-order valence-electron chi connectivity index (χ1n) is 7.55. The van der Waals surface area contributed by atoms with Crippen molar-refractivity contribution in [3.63, 3.8) is 0 Å². The largest absolute Gasteiger partial charge is 0.481 e. The number of nitrogens with zero attached hydrogens (tertiary/aromatic N) is 3. The lowest BCUT2D eigenvalue weighted by Gasteiger charge is -2.14. The number of aliphatic carboxylic acids is 1. The molecule has 23 heavy (non-hydrogen) atoms. The second kappa shape index (κ2) is 5.26. The summed E-state index contributed by atoms with van der Waals surface area (Å²) in [5.74, 6) is -0.461. The van der Waals surface area contributed by atoms with Gasteiger partial charge < -0.3 is 15.0 Å². The van der Waals surface area contributed by atoms with Crippen molar-refractivity contribution in [1.29, 1.82) is 0 Å². The molecule has 2 N–H and O–H groups in total. The van der Waals surface area contributed by atoms with Gasteiger partial charge in [0, 0.05) is 25.0 Å². The first kappa shape index (κ1) is 15.3. The van der Waals surface area contributed by atoms with Crippen molar-refractivity contribution >= 4 is 11.9 Å². The van der Waals surface area contributed by atoms with Crippen molar-refractivity contribution < 1.29 is 14.7 Å². The molecular weight excluding hydrogens is 296 g/mol. The van der Waals surface area contributed by atoms with Gasteiger partial charge in [0.25, 0.3) is 5.91 Å². The normalized spacial score (nSPS) is 15.4. The van der Waals surface area contributed by atoms with E-state index in [0.29, 0.717) is 24.2 Å². The molecule has 0 spiro atoms. The summed E-state index contributed by atoms with van der Waals surface area (Å²) in [7, 11) is 1.78. The minimum absolute atomic E-state index is 0.152. The van der Waals surface area contributed by atoms with Crippen LogP contribution in [0.25, 0.3) is 5.82 Å². The van der Waals surface area contributed by atoms with E-state index < -0.39 is 11.4 Å². The third-order valence-electron chi connectivity index (χ3n) is 4.53. The summed E-state index contributed by atoms with van der Waals surface area (Å²) in [5.41, 5.74) is 1.67. The maximum absolute atomic E-state index is 12.5. The standard InChI is InChI=1S/C16H20N4O3/c1-10-4-5-11(2)20(10)14-12(8-18-19(14)3)13(21)17-9-16(6-7-16)15(22)23/h4-5,8H,6-7,9H2,1-3H3,(H,17,21)(H,22,23). The molecule has 0 radical (unpaired) electrons. The molecule has 0 saturated heterocycles. The van der Waals surface area contributed by atoms with Gasteiger partial charge in [-0.15, -0.1) is 0 Å². The SMILES string of the molecule is Cc1ccc(C)n1-c1c(C(=O)NCC2(C(=O)O)CC2)cnn1C. The van der Waals surface area contributed by atoms with E-state index in [1.807, 2.05) is 30.5 Å². The van der Waals surface area contributed by atoms with Gasteiger partial charge in [-0.3, -0.25) is 14.3 Å². The molecule has 1 fully saturated rings. The van der Waals surface area contributed by atoms with Gasteiger partial charge in [0.05, 0.1) is 11.6 Å². The van der Waals surface area contributed by atoms with Crippen LogP contribution in [-0.2, 0) is 11.8 Å². The highest BCUT2D eigenvalue weighted by Crippen LogP contribution is 2.45. The van der Waals surface area contributed by atoms with Gasteiger partial charge in [-0.2, -0.15) is 5.10 Å². The molecule has 0 aliphatic heterocycles. The Morgan fingerprint density at radius 1 is 1.30 bits per heavy atom. The number of hydrogen-bond acceptors (Lipinski definition) is 3. The van der Waals surface area contributed by atoms with Gasteiger partial charge in [-0.1, -0.05) is 0 Å². The van der Waals surface area contributed by atoms with Gasteiger partial charge in [0.1, 0.15) is 11.4 Å². The topological polar surface area (TPSA) is 89.2 Å². The van der Waals surface area contributed by atoms with Crippen LogP contribution in [0.1, 0.15) is 34.6 Å². The lowest BCUT2D eigenvalue weighted by Crippen LogP contribution is -2.34. The number of aryl methyl sites for hydroxylation is 3. The predicted molar refractivity (Wildman–Crippen MR) is 83.6 cm³/mol. The number of carboxylic acid groups (broad SMARTS) is 1. The Morgan fingerprint density at radius 3 is 2.43 bits per heavy atom. The first-order valence-corrected chi connectivity index (χ1v) is 7.55. The Balaban J connectivity index is 1.87. The summed E-state index contributed by atoms with van der Waals surface area (Å²) in [6, 6.07) is 3.96. The number of amides is 1. The zero-order valence-electron chi connectivity index (χ0n) is 13.5. The number of carbonyl (C=O) groups excluding carboxylic acids is 1. The molecule has 2 heterocycles. The molecule has 0 unspecified atom stereocenters. The van der Waals surface area contributed by atoms with Gasteiger partial charge in [-0.25, -0.2) is 0 Å². The summed E-state index contributed by atoms with van der Waals surface area (Å²) in [6.07, 6.45) is 2.74. The first-order chi connectivity index (χ1) is 10.9. The maximum Gasteiger partial charge on any atom is 0.311 e. The molecule has 1 aliphatic rings. The third kappa shape index (κ3) is 2.52. The van der Waals surface area contributed by atoms with Crippen molar-refractivity contribution in [2.75, 3.05) is 6.54 Å². The number of nitrogens with one attached hydrogen (secondary N) is 1. The van der Waals surface area contributed by atoms with E-state index in [4.69, 9.17) is 0 Å². The van der Waals surface area contributed by atoms with Gasteiger partial charge in [0.15, 0.2) is 0 Å². The molecule has 2 aromatic rings. The third-order valence-corrected chi connectivity index (χ3v) is 4.53. The lowest BCUT2D eigenvalue weighted by molar-refractivity contribution is -0.143. The predicted octanol–water partition coefficient (Wildman–Crippen LogP) is 1.42. The fourth-order valence-electron chi connectivity index (χ4n) is 2.82. The Morgan fingerprint density at radius 2 is 1.91 bits per heavy atom. The maximum atomic E-state index is 12.5. The minimum Gasteiger partial charge on any atom is -0.481 e. The smallest absolute Gasteiger partial charge is 0.311 e. The molecule has 1 saturated carbocycles. The van der Waals surface area contributed by atoms with Crippen LogP contribution in [0.15, 0.2) is 18.3 Å². The van der Waals surface area contributed by atoms with Crippen LogP contribution >= 0.6 is 0 Å². The molecule has 1 amide bonds. The van der Waals surface area contributed by atoms with Crippen molar-refractivity contribution in [3.8, 4) is 5.82 Å². The molecule has 2 aromatic heterocycles. The van der Waals surface area contributed by atoms with Crippen LogP contribution in [0, 0.1) is 19.3 Å². The van der Waals surface area contributed by atoms with E-state index in [0.717, 1.165) is 11.4 Å². The second-order valence-electron chi connectivity index (χ2n) is 6.23. The van der Waals surface area contributed by atoms with Crippen molar-refractivity contribution in [2.45, 2.75) is 26.7 Å². The number of carbonyl (C=O) groups is 2. The van der Waals surface area contributed by atoms with E-state index in [9.17, 15) is 14.7 Å². The van der Waals surface area contributed by atoms with Crippen LogP contribution in [0.2, 0.25) is 0 Å². The number of aromatic nitrogens is 3. The molecule has 122 valence electrons. The Labute approximate surface area is 133 Å². The fourth-order valence-corrected chi connectivity index (χ4v) is 2.82. The Bertz CT molecular complexity index is 764. The monoisotopic (exact) mass is 316 g/mol. The van der Waals surface area contributed by atoms with E-state index >= 15 is 0 Å². The molecular formula is C16H20N4O3. The van der Waals surface area contributed by atoms with Crippen molar-refractivity contribution in [2.24, 2.45) is 12.5 Å². The number of carboxylic acids is 1. The molecule has 0 atom stereocenters. The van der Waals surface area contributed by atoms with Crippen LogP contribution in [0.4, 0.5) is 0 Å². The molecule has 0 aromatic carbocycles. The van der Waals surface area contributed by atoms with Crippen LogP contribution in [-0.4, -0.2) is 37.9 Å². The minimum atomic E-state index is -0.846. The highest BCUT2D eigenvalue weighted by molar-refractivity contribution is 5.97. The van der Waals surface area contributed by atoms with Gasteiger partial charge >= 0.3 is 5.97 Å². The van der Waals surface area contributed by atoms with Crippen molar-refractivity contribution in [3.05, 3.63) is 35.3 Å². The fraction of sp³-hybridized carbons (Fsp3) is 0.438. The zero-order chi connectivity index (χ0) is 16.8. The second-order valence-corrected chi connectivity index (χ2v) is 6.23. The Hall–Kier alpha value is -2.57. The molecule has 7 heteroatoms. The summed E-state index contributed by atoms with van der Waals surface area (Å²) in [6.45, 7) is 4.08. The van der Waals surface area contributed by atoms with E-state index in [-0.39, 0.29) is 12.5 Å². The van der Waals surface area contributed by atoms with E-state index in [2.05, 4.69) is 10.4 Å². The number of hydrogen-bond donors (Lipinski definition) is 2. The summed E-state index contributed by atoms with van der Waals surface area (Å²) in [4.78, 5) is 23.7. The molecule has 3 rings (SSSR count). The number of rotatable bonds is 5. The Kier molecular flexibility index (Phi) is 3.50. The average molecular weight is 316 g/mol. The molecule has 1 aliphatic carbocycles. The van der Waals surface area contributed by atoms with Crippen LogP contribution in [0.5, 0.6) is 0 Å². The highest BCUT2D eigenvalue weighted by Gasteiger charge is 2.50. The molecule has 7 nitrogen and oxygen atoms in total. The summed E-state index contributed by atoms with van der Waals surface area (Å²) >= 11 is 0. The highest BCUT2D eigenvalue weighted by atomic mass is 16.4.